The van der Waals surface area contributed by atoms with Crippen LogP contribution in [0.25, 0.3) is 11.1 Å². The van der Waals surface area contributed by atoms with Crippen LogP contribution in [0.15, 0.2) is 72.8 Å². The number of alkyl carbamates (subject to hydrolysis) is 1. The van der Waals surface area contributed by atoms with Crippen molar-refractivity contribution in [2.45, 2.75) is 25.2 Å². The third-order valence-electron chi connectivity index (χ3n) is 5.84. The van der Waals surface area contributed by atoms with E-state index < -0.39 is 12.1 Å². The fraction of sp³-hybridized carbons (Fsp3) is 0.222. The fourth-order valence-electron chi connectivity index (χ4n) is 4.20. The van der Waals surface area contributed by atoms with Gasteiger partial charge < -0.3 is 20.5 Å². The molecule has 1 aliphatic carbocycles. The van der Waals surface area contributed by atoms with E-state index >= 15 is 0 Å². The third-order valence-corrected chi connectivity index (χ3v) is 5.84. The van der Waals surface area contributed by atoms with E-state index in [0.717, 1.165) is 11.1 Å². The number of carbonyl (C=O) groups excluding carboxylic acids is 2. The fourth-order valence-corrected chi connectivity index (χ4v) is 4.20. The molecule has 3 aromatic carbocycles. The number of carboxylic acid groups (broad SMARTS) is 1. The van der Waals surface area contributed by atoms with Gasteiger partial charge in [0.05, 0.1) is 5.56 Å². The zero-order chi connectivity index (χ0) is 23.9. The maximum Gasteiger partial charge on any atom is 0.407 e. The molecule has 7 nitrogen and oxygen atoms in total. The van der Waals surface area contributed by atoms with Gasteiger partial charge >= 0.3 is 12.1 Å². The Labute approximate surface area is 197 Å². The monoisotopic (exact) mass is 458 g/mol. The Balaban J connectivity index is 1.17. The molecule has 7 heteroatoms. The Morgan fingerprint density at radius 1 is 0.853 bits per heavy atom. The van der Waals surface area contributed by atoms with E-state index in [4.69, 9.17) is 9.84 Å². The molecule has 0 atom stereocenters. The van der Waals surface area contributed by atoms with Crippen LogP contribution < -0.4 is 10.6 Å². The molecule has 34 heavy (non-hydrogen) atoms. The molecule has 0 unspecified atom stereocenters. The molecule has 0 saturated carbocycles. The number of hydrogen-bond donors (Lipinski definition) is 3. The minimum absolute atomic E-state index is 0.0153. The van der Waals surface area contributed by atoms with Gasteiger partial charge in [0, 0.05) is 24.6 Å². The van der Waals surface area contributed by atoms with Crippen LogP contribution in [0.2, 0.25) is 0 Å². The average molecular weight is 459 g/mol. The minimum Gasteiger partial charge on any atom is -0.478 e. The van der Waals surface area contributed by atoms with Crippen molar-refractivity contribution in [1.82, 2.24) is 5.32 Å². The average Bonchev–Trinajstić information content (AvgIpc) is 3.16. The Bertz CT molecular complexity index is 1160. The zero-order valence-electron chi connectivity index (χ0n) is 18.6. The predicted molar refractivity (Wildman–Crippen MR) is 129 cm³/mol. The van der Waals surface area contributed by atoms with Gasteiger partial charge in [-0.15, -0.1) is 0 Å². The number of hydrogen-bond acceptors (Lipinski definition) is 4. The first kappa shape index (κ1) is 23.0. The van der Waals surface area contributed by atoms with Gasteiger partial charge in [-0.05, 0) is 53.3 Å². The Morgan fingerprint density at radius 2 is 1.53 bits per heavy atom. The highest BCUT2D eigenvalue weighted by Crippen LogP contribution is 2.44. The summed E-state index contributed by atoms with van der Waals surface area (Å²) in [5.41, 5.74) is 5.25. The second-order valence-corrected chi connectivity index (χ2v) is 8.14. The SMILES string of the molecule is O=C(CCCCNC(=O)OCC1c2ccccc2-c2ccccc21)Nc1cccc(C(=O)O)c1. The lowest BCUT2D eigenvalue weighted by Gasteiger charge is -2.14. The van der Waals surface area contributed by atoms with Gasteiger partial charge in [-0.25, -0.2) is 9.59 Å². The number of ether oxygens (including phenoxy) is 1. The van der Waals surface area contributed by atoms with Gasteiger partial charge in [-0.1, -0.05) is 54.6 Å². The van der Waals surface area contributed by atoms with Crippen LogP contribution in [0.4, 0.5) is 10.5 Å². The number of benzene rings is 3. The van der Waals surface area contributed by atoms with E-state index in [2.05, 4.69) is 34.9 Å². The number of carboxylic acids is 1. The Kier molecular flexibility index (Phi) is 7.22. The molecule has 3 N–H and O–H groups in total. The van der Waals surface area contributed by atoms with Crippen molar-refractivity contribution < 1.29 is 24.2 Å². The van der Waals surface area contributed by atoms with Crippen molar-refractivity contribution in [2.24, 2.45) is 0 Å². The Hall–Kier alpha value is -4.13. The first-order valence-corrected chi connectivity index (χ1v) is 11.2. The van der Waals surface area contributed by atoms with Gasteiger partial charge in [0.2, 0.25) is 5.91 Å². The Morgan fingerprint density at radius 3 is 2.21 bits per heavy atom. The van der Waals surface area contributed by atoms with Crippen LogP contribution in [0.3, 0.4) is 0 Å². The lowest BCUT2D eigenvalue weighted by Crippen LogP contribution is -2.27. The lowest BCUT2D eigenvalue weighted by atomic mass is 9.98. The predicted octanol–water partition coefficient (Wildman–Crippen LogP) is 5.03. The zero-order valence-corrected chi connectivity index (χ0v) is 18.6. The second kappa shape index (κ2) is 10.7. The molecule has 0 heterocycles. The molecule has 4 rings (SSSR count). The maximum atomic E-state index is 12.2. The van der Waals surface area contributed by atoms with E-state index in [0.29, 0.717) is 25.1 Å². The molecule has 174 valence electrons. The number of aromatic carboxylic acids is 1. The largest absolute Gasteiger partial charge is 0.478 e. The van der Waals surface area contributed by atoms with Crippen LogP contribution >= 0.6 is 0 Å². The quantitative estimate of drug-likeness (QED) is 0.390. The molecule has 0 saturated heterocycles. The van der Waals surface area contributed by atoms with Crippen molar-refractivity contribution in [3.05, 3.63) is 89.5 Å². The molecule has 0 bridgehead atoms. The summed E-state index contributed by atoms with van der Waals surface area (Å²) in [4.78, 5) is 35.3. The maximum absolute atomic E-state index is 12.2. The molecule has 0 spiro atoms. The highest BCUT2D eigenvalue weighted by molar-refractivity contribution is 5.93. The van der Waals surface area contributed by atoms with Crippen molar-refractivity contribution >= 4 is 23.7 Å². The standard InChI is InChI=1S/C27H26N2O5/c30-25(29-19-9-7-8-18(16-19)26(31)32)14-5-6-15-28-27(33)34-17-24-22-12-3-1-10-20(22)21-11-2-4-13-23(21)24/h1-4,7-13,16,24H,5-6,14-15,17H2,(H,28,33)(H,29,30)(H,31,32). The van der Waals surface area contributed by atoms with Crippen molar-refractivity contribution in [3.8, 4) is 11.1 Å². The second-order valence-electron chi connectivity index (χ2n) is 8.14. The number of anilines is 1. The molecule has 0 aliphatic heterocycles. The van der Waals surface area contributed by atoms with Gasteiger partial charge in [0.25, 0.3) is 0 Å². The molecule has 0 radical (unpaired) electrons. The van der Waals surface area contributed by atoms with E-state index in [1.807, 2.05) is 24.3 Å². The summed E-state index contributed by atoms with van der Waals surface area (Å²) in [5, 5.41) is 14.4. The summed E-state index contributed by atoms with van der Waals surface area (Å²) in [5.74, 6) is -1.24. The molecule has 0 fully saturated rings. The third kappa shape index (κ3) is 5.43. The summed E-state index contributed by atoms with van der Waals surface area (Å²) in [6.45, 7) is 0.663. The first-order valence-electron chi connectivity index (χ1n) is 11.2. The molecular formula is C27H26N2O5. The van der Waals surface area contributed by atoms with E-state index in [-0.39, 0.29) is 30.4 Å². The molecule has 0 aromatic heterocycles. The topological polar surface area (TPSA) is 105 Å². The number of fused-ring (bicyclic) bond motifs is 3. The number of nitrogens with one attached hydrogen (secondary N) is 2. The smallest absolute Gasteiger partial charge is 0.407 e. The highest BCUT2D eigenvalue weighted by Gasteiger charge is 2.28. The lowest BCUT2D eigenvalue weighted by molar-refractivity contribution is -0.116. The van der Waals surface area contributed by atoms with Gasteiger partial charge in [0.1, 0.15) is 6.61 Å². The van der Waals surface area contributed by atoms with Crippen LogP contribution in [0.5, 0.6) is 0 Å². The summed E-state index contributed by atoms with van der Waals surface area (Å²) < 4.78 is 5.50. The first-order chi connectivity index (χ1) is 16.5. The van der Waals surface area contributed by atoms with Crippen molar-refractivity contribution in [3.63, 3.8) is 0 Å². The van der Waals surface area contributed by atoms with Crippen LogP contribution in [-0.2, 0) is 9.53 Å². The van der Waals surface area contributed by atoms with Gasteiger partial charge in [0.15, 0.2) is 0 Å². The molecular weight excluding hydrogens is 432 g/mol. The number of unbranched alkanes of at least 4 members (excludes halogenated alkanes) is 1. The highest BCUT2D eigenvalue weighted by atomic mass is 16.5. The van der Waals surface area contributed by atoms with Crippen molar-refractivity contribution in [1.29, 1.82) is 0 Å². The van der Waals surface area contributed by atoms with Crippen LogP contribution in [0.1, 0.15) is 46.7 Å². The number of carbonyl (C=O) groups is 3. The normalized spacial score (nSPS) is 11.9. The van der Waals surface area contributed by atoms with Crippen LogP contribution in [0, 0.1) is 0 Å². The summed E-state index contributed by atoms with van der Waals surface area (Å²) in [6.07, 6.45) is 0.988. The minimum atomic E-state index is -1.05. The summed E-state index contributed by atoms with van der Waals surface area (Å²) in [6, 6.07) is 22.5. The van der Waals surface area contributed by atoms with E-state index in [9.17, 15) is 14.4 Å². The van der Waals surface area contributed by atoms with E-state index in [1.54, 1.807) is 12.1 Å². The van der Waals surface area contributed by atoms with Gasteiger partial charge in [-0.3, -0.25) is 4.79 Å². The van der Waals surface area contributed by atoms with Crippen LogP contribution in [-0.4, -0.2) is 36.2 Å². The molecule has 3 aromatic rings. The van der Waals surface area contributed by atoms with Gasteiger partial charge in [-0.2, -0.15) is 0 Å². The summed E-state index contributed by atoms with van der Waals surface area (Å²) >= 11 is 0. The summed E-state index contributed by atoms with van der Waals surface area (Å²) in [7, 11) is 0. The van der Waals surface area contributed by atoms with Crippen molar-refractivity contribution in [2.75, 3.05) is 18.5 Å². The van der Waals surface area contributed by atoms with E-state index in [1.165, 1.54) is 23.3 Å². The number of rotatable bonds is 9. The molecule has 1 aliphatic rings. The number of amides is 2. The molecule has 2 amide bonds.